The molecule has 3 rings (SSSR count). The highest BCUT2D eigenvalue weighted by Crippen LogP contribution is 2.40. The molecule has 1 saturated carbocycles. The molecule has 0 aromatic heterocycles. The summed E-state index contributed by atoms with van der Waals surface area (Å²) in [5.41, 5.74) is -0.121. The van der Waals surface area contributed by atoms with Gasteiger partial charge in [-0.05, 0) is 25.7 Å². The average Bonchev–Trinajstić information content (AvgIpc) is 2.79. The number of hydrogen-bond donors (Lipinski definition) is 1. The Balaban J connectivity index is 1.61. The Morgan fingerprint density at radius 1 is 1.24 bits per heavy atom. The molecule has 0 radical (unpaired) electrons. The molecule has 1 spiro atoms. The number of rotatable bonds is 1. The molecule has 0 bridgehead atoms. The molecule has 3 fully saturated rings. The molecule has 3 aliphatic rings. The van der Waals surface area contributed by atoms with Crippen molar-refractivity contribution < 1.29 is 18.4 Å². The molecule has 0 aromatic rings. The van der Waals surface area contributed by atoms with E-state index in [9.17, 15) is 18.4 Å². The maximum Gasteiger partial charge on any atom is 0.248 e. The van der Waals surface area contributed by atoms with Crippen molar-refractivity contribution >= 4 is 11.8 Å². The molecule has 6 heteroatoms. The first-order valence-corrected chi connectivity index (χ1v) is 7.83. The van der Waals surface area contributed by atoms with Crippen LogP contribution in [0.2, 0.25) is 0 Å². The molecule has 2 saturated heterocycles. The van der Waals surface area contributed by atoms with E-state index >= 15 is 0 Å². The molecule has 118 valence electrons. The third kappa shape index (κ3) is 3.04. The summed E-state index contributed by atoms with van der Waals surface area (Å²) in [4.78, 5) is 25.8. The van der Waals surface area contributed by atoms with E-state index in [2.05, 4.69) is 5.32 Å². The second-order valence-corrected chi connectivity index (χ2v) is 6.95. The zero-order valence-corrected chi connectivity index (χ0v) is 12.2. The van der Waals surface area contributed by atoms with E-state index in [0.29, 0.717) is 26.1 Å². The Morgan fingerprint density at radius 3 is 2.57 bits per heavy atom. The van der Waals surface area contributed by atoms with Crippen molar-refractivity contribution in [2.75, 3.05) is 19.6 Å². The van der Waals surface area contributed by atoms with Crippen molar-refractivity contribution in [3.8, 4) is 0 Å². The van der Waals surface area contributed by atoms with Gasteiger partial charge in [-0.3, -0.25) is 9.59 Å². The van der Waals surface area contributed by atoms with Crippen molar-refractivity contribution in [3.63, 3.8) is 0 Å². The molecular formula is C15H22F2N2O2. The van der Waals surface area contributed by atoms with Crippen LogP contribution in [0.15, 0.2) is 0 Å². The molecular weight excluding hydrogens is 278 g/mol. The van der Waals surface area contributed by atoms with E-state index in [0.717, 1.165) is 12.8 Å². The van der Waals surface area contributed by atoms with E-state index in [4.69, 9.17) is 0 Å². The highest BCUT2D eigenvalue weighted by atomic mass is 19.3. The molecule has 1 unspecified atom stereocenters. The second kappa shape index (κ2) is 5.21. The number of carbonyl (C=O) groups is 2. The van der Waals surface area contributed by atoms with Crippen LogP contribution in [-0.4, -0.2) is 42.3 Å². The number of carbonyl (C=O) groups excluding carboxylic acids is 2. The average molecular weight is 300 g/mol. The van der Waals surface area contributed by atoms with Gasteiger partial charge in [0.1, 0.15) is 0 Å². The van der Waals surface area contributed by atoms with Gasteiger partial charge in [-0.1, -0.05) is 0 Å². The minimum atomic E-state index is -2.60. The summed E-state index contributed by atoms with van der Waals surface area (Å²) in [5.74, 6) is -2.78. The minimum Gasteiger partial charge on any atom is -0.355 e. The van der Waals surface area contributed by atoms with Crippen LogP contribution >= 0.6 is 0 Å². The van der Waals surface area contributed by atoms with Crippen LogP contribution in [0.1, 0.15) is 44.9 Å². The molecule has 2 amide bonds. The van der Waals surface area contributed by atoms with Gasteiger partial charge < -0.3 is 10.2 Å². The Kier molecular flexibility index (Phi) is 3.66. The molecule has 1 aliphatic carbocycles. The summed E-state index contributed by atoms with van der Waals surface area (Å²) in [5, 5.41) is 2.85. The van der Waals surface area contributed by atoms with Gasteiger partial charge in [0.25, 0.3) is 0 Å². The van der Waals surface area contributed by atoms with Gasteiger partial charge in [-0.2, -0.15) is 0 Å². The third-order valence-electron chi connectivity index (χ3n) is 5.24. The van der Waals surface area contributed by atoms with Crippen LogP contribution in [0.25, 0.3) is 0 Å². The lowest BCUT2D eigenvalue weighted by Crippen LogP contribution is -2.49. The van der Waals surface area contributed by atoms with Crippen LogP contribution in [0, 0.1) is 11.3 Å². The van der Waals surface area contributed by atoms with Gasteiger partial charge in [0.15, 0.2) is 0 Å². The van der Waals surface area contributed by atoms with E-state index in [1.165, 1.54) is 0 Å². The summed E-state index contributed by atoms with van der Waals surface area (Å²) < 4.78 is 26.4. The molecule has 4 nitrogen and oxygen atoms in total. The number of nitrogens with one attached hydrogen (secondary N) is 1. The van der Waals surface area contributed by atoms with Gasteiger partial charge in [-0.15, -0.1) is 0 Å². The zero-order chi connectivity index (χ0) is 15.1. The Hall–Kier alpha value is -1.20. The predicted molar refractivity (Wildman–Crippen MR) is 72.8 cm³/mol. The fourth-order valence-corrected chi connectivity index (χ4v) is 3.98. The standard InChI is InChI=1S/C15H22F2N2O2/c16-15(17)5-2-11(3-6-15)13(21)19-7-1-4-14(10-19)8-12(20)18-9-14/h11H,1-10H2,(H,18,20). The number of amides is 2. The number of likely N-dealkylation sites (tertiary alicyclic amines) is 1. The van der Waals surface area contributed by atoms with Crippen molar-refractivity contribution in [1.82, 2.24) is 10.2 Å². The maximum absolute atomic E-state index is 13.2. The zero-order valence-electron chi connectivity index (χ0n) is 12.2. The van der Waals surface area contributed by atoms with E-state index in [1.807, 2.05) is 4.90 Å². The lowest BCUT2D eigenvalue weighted by atomic mass is 9.78. The summed E-state index contributed by atoms with van der Waals surface area (Å²) in [6.07, 6.45) is 2.55. The number of halogens is 2. The van der Waals surface area contributed by atoms with Crippen LogP contribution in [-0.2, 0) is 9.59 Å². The number of nitrogens with zero attached hydrogens (tertiary/aromatic N) is 1. The number of alkyl halides is 2. The van der Waals surface area contributed by atoms with Crippen LogP contribution in [0.3, 0.4) is 0 Å². The van der Waals surface area contributed by atoms with Crippen LogP contribution in [0.4, 0.5) is 8.78 Å². The number of piperidine rings is 1. The predicted octanol–water partition coefficient (Wildman–Crippen LogP) is 1.94. The Morgan fingerprint density at radius 2 is 1.95 bits per heavy atom. The normalized spacial score (nSPS) is 33.2. The van der Waals surface area contributed by atoms with Crippen LogP contribution < -0.4 is 5.32 Å². The molecule has 2 aliphatic heterocycles. The van der Waals surface area contributed by atoms with Gasteiger partial charge in [-0.25, -0.2) is 8.78 Å². The van der Waals surface area contributed by atoms with Gasteiger partial charge in [0.05, 0.1) is 0 Å². The highest BCUT2D eigenvalue weighted by molar-refractivity contribution is 5.81. The smallest absolute Gasteiger partial charge is 0.248 e. The number of hydrogen-bond acceptors (Lipinski definition) is 2. The lowest BCUT2D eigenvalue weighted by Gasteiger charge is -2.41. The van der Waals surface area contributed by atoms with E-state index in [-0.39, 0.29) is 48.8 Å². The van der Waals surface area contributed by atoms with Crippen molar-refractivity contribution in [2.24, 2.45) is 11.3 Å². The first-order valence-electron chi connectivity index (χ1n) is 7.83. The maximum atomic E-state index is 13.2. The summed E-state index contributed by atoms with van der Waals surface area (Å²) in [6, 6.07) is 0. The van der Waals surface area contributed by atoms with E-state index in [1.54, 1.807) is 0 Å². The molecule has 2 heterocycles. The molecule has 1 atom stereocenters. The first kappa shape index (κ1) is 14.7. The van der Waals surface area contributed by atoms with Crippen molar-refractivity contribution in [2.45, 2.75) is 50.9 Å². The molecule has 0 aromatic carbocycles. The van der Waals surface area contributed by atoms with Crippen molar-refractivity contribution in [1.29, 1.82) is 0 Å². The molecule has 1 N–H and O–H groups in total. The Labute approximate surface area is 123 Å². The second-order valence-electron chi connectivity index (χ2n) is 6.95. The minimum absolute atomic E-state index is 0.0175. The van der Waals surface area contributed by atoms with Gasteiger partial charge >= 0.3 is 0 Å². The first-order chi connectivity index (χ1) is 9.89. The summed E-state index contributed by atoms with van der Waals surface area (Å²) >= 11 is 0. The summed E-state index contributed by atoms with van der Waals surface area (Å²) in [6.45, 7) is 1.93. The Bertz CT molecular complexity index is 445. The fraction of sp³-hybridized carbons (Fsp3) is 0.867. The highest BCUT2D eigenvalue weighted by Gasteiger charge is 2.45. The largest absolute Gasteiger partial charge is 0.355 e. The SMILES string of the molecule is O=C1CC2(CCCN(C(=O)C3CCC(F)(F)CC3)C2)CN1. The fourth-order valence-electron chi connectivity index (χ4n) is 3.98. The van der Waals surface area contributed by atoms with E-state index < -0.39 is 5.92 Å². The third-order valence-corrected chi connectivity index (χ3v) is 5.24. The monoisotopic (exact) mass is 300 g/mol. The van der Waals surface area contributed by atoms with Crippen LogP contribution in [0.5, 0.6) is 0 Å². The van der Waals surface area contributed by atoms with Crippen molar-refractivity contribution in [3.05, 3.63) is 0 Å². The van der Waals surface area contributed by atoms with Gasteiger partial charge in [0, 0.05) is 50.2 Å². The molecule has 21 heavy (non-hydrogen) atoms. The topological polar surface area (TPSA) is 49.4 Å². The van der Waals surface area contributed by atoms with Gasteiger partial charge in [0.2, 0.25) is 17.7 Å². The summed E-state index contributed by atoms with van der Waals surface area (Å²) in [7, 11) is 0. The quantitative estimate of drug-likeness (QED) is 0.804. The lowest BCUT2D eigenvalue weighted by molar-refractivity contribution is -0.143.